The van der Waals surface area contributed by atoms with Crippen molar-refractivity contribution in [3.8, 4) is 5.75 Å². The van der Waals surface area contributed by atoms with Gasteiger partial charge >= 0.3 is 0 Å². The second kappa shape index (κ2) is 5.43. The molecule has 0 spiro atoms. The van der Waals surface area contributed by atoms with Crippen molar-refractivity contribution in [2.24, 2.45) is 5.84 Å². The summed E-state index contributed by atoms with van der Waals surface area (Å²) in [5, 5.41) is 3.85. The number of nitrogens with two attached hydrogens (primary N) is 1. The third-order valence-electron chi connectivity index (χ3n) is 2.83. The van der Waals surface area contributed by atoms with E-state index < -0.39 is 0 Å². The second-order valence-electron chi connectivity index (χ2n) is 4.12. The second-order valence-corrected chi connectivity index (χ2v) is 4.93. The zero-order valence-electron chi connectivity index (χ0n) is 10.6. The van der Waals surface area contributed by atoms with Crippen molar-refractivity contribution >= 4 is 11.5 Å². The van der Waals surface area contributed by atoms with Crippen LogP contribution in [0.3, 0.4) is 0 Å². The maximum absolute atomic E-state index is 5.67. The van der Waals surface area contributed by atoms with Crippen LogP contribution < -0.4 is 16.0 Å². The van der Waals surface area contributed by atoms with Crippen LogP contribution in [0.1, 0.15) is 27.6 Å². The molecule has 2 rings (SSSR count). The topological polar surface area (TPSA) is 73.1 Å². The van der Waals surface area contributed by atoms with E-state index in [1.165, 1.54) is 11.5 Å². The number of methoxy groups -OCH3 is 1. The van der Waals surface area contributed by atoms with Gasteiger partial charge in [0.15, 0.2) is 0 Å². The molecule has 3 N–H and O–H groups in total. The summed E-state index contributed by atoms with van der Waals surface area (Å²) >= 11 is 1.32. The fraction of sp³-hybridized carbons (Fsp3) is 0.333. The molecular formula is C12H16N4OS. The maximum Gasteiger partial charge on any atom is 0.124 e. The Morgan fingerprint density at radius 1 is 1.39 bits per heavy atom. The Kier molecular flexibility index (Phi) is 3.90. The largest absolute Gasteiger partial charge is 0.496 e. The van der Waals surface area contributed by atoms with Gasteiger partial charge in [-0.15, -0.1) is 5.10 Å². The summed E-state index contributed by atoms with van der Waals surface area (Å²) in [6.45, 7) is 4.09. The van der Waals surface area contributed by atoms with Crippen LogP contribution in [-0.2, 0) is 0 Å². The lowest BCUT2D eigenvalue weighted by atomic mass is 9.97. The first-order valence-electron chi connectivity index (χ1n) is 5.56. The number of nitrogens with zero attached hydrogens (tertiary/aromatic N) is 2. The van der Waals surface area contributed by atoms with Gasteiger partial charge in [0.2, 0.25) is 0 Å². The number of aromatic nitrogens is 2. The minimum Gasteiger partial charge on any atom is -0.496 e. The maximum atomic E-state index is 5.67. The number of hydrazine groups is 1. The molecule has 18 heavy (non-hydrogen) atoms. The van der Waals surface area contributed by atoms with Gasteiger partial charge in [-0.1, -0.05) is 10.6 Å². The molecule has 0 saturated heterocycles. The quantitative estimate of drug-likeness (QED) is 0.649. The van der Waals surface area contributed by atoms with Crippen molar-refractivity contribution in [3.63, 3.8) is 0 Å². The van der Waals surface area contributed by atoms with Crippen molar-refractivity contribution in [3.05, 3.63) is 39.9 Å². The normalized spacial score (nSPS) is 12.4. The van der Waals surface area contributed by atoms with Crippen molar-refractivity contribution in [1.82, 2.24) is 15.0 Å². The van der Waals surface area contributed by atoms with E-state index in [9.17, 15) is 0 Å². The van der Waals surface area contributed by atoms with E-state index in [0.717, 1.165) is 27.3 Å². The Hall–Kier alpha value is -1.50. The SMILES string of the molecule is COc1cc(C)cc(C)c1C(NN)c1cnns1. The molecule has 0 bridgehead atoms. The van der Waals surface area contributed by atoms with E-state index in [-0.39, 0.29) is 6.04 Å². The molecule has 0 amide bonds. The van der Waals surface area contributed by atoms with Crippen LogP contribution in [0.15, 0.2) is 18.3 Å². The predicted octanol–water partition coefficient (Wildman–Crippen LogP) is 1.72. The number of nitrogens with one attached hydrogen (secondary N) is 1. The highest BCUT2D eigenvalue weighted by atomic mass is 32.1. The number of hydrogen-bond donors (Lipinski definition) is 2. The van der Waals surface area contributed by atoms with Gasteiger partial charge in [0, 0.05) is 5.56 Å². The van der Waals surface area contributed by atoms with Crippen molar-refractivity contribution in [1.29, 1.82) is 0 Å². The van der Waals surface area contributed by atoms with Crippen LogP contribution in [0.5, 0.6) is 5.75 Å². The lowest BCUT2D eigenvalue weighted by Gasteiger charge is -2.20. The Morgan fingerprint density at radius 3 is 2.72 bits per heavy atom. The molecule has 5 nitrogen and oxygen atoms in total. The highest BCUT2D eigenvalue weighted by Crippen LogP contribution is 2.34. The van der Waals surface area contributed by atoms with E-state index in [4.69, 9.17) is 10.6 Å². The minimum absolute atomic E-state index is 0.152. The fourth-order valence-corrected chi connectivity index (χ4v) is 2.66. The zero-order valence-corrected chi connectivity index (χ0v) is 11.4. The summed E-state index contributed by atoms with van der Waals surface area (Å²) < 4.78 is 9.33. The van der Waals surface area contributed by atoms with Crippen molar-refractivity contribution in [2.45, 2.75) is 19.9 Å². The smallest absolute Gasteiger partial charge is 0.124 e. The standard InChI is InChI=1S/C12H16N4OS/c1-7-4-8(2)11(9(5-7)17-3)12(15-13)10-6-14-16-18-10/h4-6,12,15H,13H2,1-3H3. The highest BCUT2D eigenvalue weighted by molar-refractivity contribution is 7.05. The molecule has 6 heteroatoms. The monoisotopic (exact) mass is 264 g/mol. The van der Waals surface area contributed by atoms with Crippen LogP contribution in [0, 0.1) is 13.8 Å². The van der Waals surface area contributed by atoms with Crippen LogP contribution in [-0.4, -0.2) is 16.7 Å². The van der Waals surface area contributed by atoms with Crippen LogP contribution in [0.2, 0.25) is 0 Å². The third kappa shape index (κ3) is 2.35. The van der Waals surface area contributed by atoms with E-state index in [1.54, 1.807) is 13.3 Å². The fourth-order valence-electron chi connectivity index (χ4n) is 2.09. The van der Waals surface area contributed by atoms with Crippen molar-refractivity contribution in [2.75, 3.05) is 7.11 Å². The van der Waals surface area contributed by atoms with Gasteiger partial charge < -0.3 is 4.74 Å². The van der Waals surface area contributed by atoms with Crippen LogP contribution in [0.25, 0.3) is 0 Å². The lowest BCUT2D eigenvalue weighted by molar-refractivity contribution is 0.403. The number of hydrogen-bond acceptors (Lipinski definition) is 6. The predicted molar refractivity (Wildman–Crippen MR) is 71.5 cm³/mol. The highest BCUT2D eigenvalue weighted by Gasteiger charge is 2.21. The molecule has 0 saturated carbocycles. The Balaban J connectivity index is 2.55. The van der Waals surface area contributed by atoms with Gasteiger partial charge in [-0.2, -0.15) is 0 Å². The molecular weight excluding hydrogens is 248 g/mol. The summed E-state index contributed by atoms with van der Waals surface area (Å²) in [4.78, 5) is 0.961. The summed E-state index contributed by atoms with van der Waals surface area (Å²) in [6, 6.07) is 3.96. The van der Waals surface area contributed by atoms with E-state index in [0.29, 0.717) is 0 Å². The summed E-state index contributed by atoms with van der Waals surface area (Å²) in [6.07, 6.45) is 1.72. The van der Waals surface area contributed by atoms with Gasteiger partial charge in [0.05, 0.1) is 24.2 Å². The molecule has 0 aliphatic heterocycles. The average Bonchev–Trinajstić information content (AvgIpc) is 2.85. The molecule has 2 aromatic rings. The molecule has 1 atom stereocenters. The Morgan fingerprint density at radius 2 is 2.17 bits per heavy atom. The van der Waals surface area contributed by atoms with E-state index in [2.05, 4.69) is 21.1 Å². The van der Waals surface area contributed by atoms with Gasteiger partial charge in [0.25, 0.3) is 0 Å². The molecule has 96 valence electrons. The lowest BCUT2D eigenvalue weighted by Crippen LogP contribution is -2.29. The summed E-state index contributed by atoms with van der Waals surface area (Å²) in [5.41, 5.74) is 6.12. The molecule has 1 aromatic heterocycles. The number of aryl methyl sites for hydroxylation is 2. The minimum atomic E-state index is -0.152. The first-order chi connectivity index (χ1) is 8.67. The van der Waals surface area contributed by atoms with Gasteiger partial charge in [-0.05, 0) is 42.6 Å². The number of rotatable bonds is 4. The zero-order chi connectivity index (χ0) is 13.1. The Bertz CT molecular complexity index is 527. The summed E-state index contributed by atoms with van der Waals surface area (Å²) in [7, 11) is 1.66. The van der Waals surface area contributed by atoms with Crippen LogP contribution >= 0.6 is 11.5 Å². The Labute approximate surface area is 110 Å². The molecule has 0 fully saturated rings. The molecule has 1 unspecified atom stereocenters. The number of benzene rings is 1. The molecule has 1 heterocycles. The van der Waals surface area contributed by atoms with Crippen molar-refractivity contribution < 1.29 is 4.74 Å². The average molecular weight is 264 g/mol. The van der Waals surface area contributed by atoms with E-state index in [1.807, 2.05) is 19.9 Å². The van der Waals surface area contributed by atoms with Gasteiger partial charge in [0.1, 0.15) is 5.75 Å². The molecule has 0 aliphatic rings. The van der Waals surface area contributed by atoms with Crippen LogP contribution in [0.4, 0.5) is 0 Å². The van der Waals surface area contributed by atoms with Gasteiger partial charge in [-0.3, -0.25) is 5.84 Å². The molecule has 1 aromatic carbocycles. The third-order valence-corrected chi connectivity index (χ3v) is 3.56. The molecule has 0 aliphatic carbocycles. The first kappa shape index (κ1) is 12.9. The first-order valence-corrected chi connectivity index (χ1v) is 6.33. The number of ether oxygens (including phenoxy) is 1. The summed E-state index contributed by atoms with van der Waals surface area (Å²) in [5.74, 6) is 6.50. The van der Waals surface area contributed by atoms with Gasteiger partial charge in [-0.25, -0.2) is 5.43 Å². The van der Waals surface area contributed by atoms with E-state index >= 15 is 0 Å². The molecule has 0 radical (unpaired) electrons.